The number of benzene rings is 2. The van der Waals surface area contributed by atoms with Crippen LogP contribution in [0.3, 0.4) is 0 Å². The van der Waals surface area contributed by atoms with E-state index in [1.807, 2.05) is 24.3 Å². The van der Waals surface area contributed by atoms with E-state index in [0.29, 0.717) is 22.6 Å². The highest BCUT2D eigenvalue weighted by Gasteiger charge is 2.08. The van der Waals surface area contributed by atoms with Gasteiger partial charge in [-0.15, -0.1) is 5.10 Å². The predicted octanol–water partition coefficient (Wildman–Crippen LogP) is 0.454. The van der Waals surface area contributed by atoms with Crippen molar-refractivity contribution in [2.24, 2.45) is 10.8 Å². The molecule has 3 rings (SSSR count). The largest absolute Gasteiger partial charge is 0.493 e. The molecule has 10 heteroatoms. The zero-order valence-corrected chi connectivity index (χ0v) is 15.0. The second-order valence-electron chi connectivity index (χ2n) is 5.69. The number of hydrogen-bond donors (Lipinski definition) is 2. The molecular weight excluding hydrogens is 364 g/mol. The number of rotatable bonds is 8. The maximum Gasteiger partial charge on any atom is 0.261 e. The SMILES string of the molecule is COc1cc(C=NNC(=O)Cn2nnc3ccccc32)ccc1OCC(N)=O. The Morgan fingerprint density at radius 2 is 2.07 bits per heavy atom. The molecule has 3 aromatic rings. The lowest BCUT2D eigenvalue weighted by atomic mass is 10.2. The molecule has 0 spiro atoms. The number of nitrogens with zero attached hydrogens (tertiary/aromatic N) is 4. The molecule has 0 aliphatic rings. The van der Waals surface area contributed by atoms with Crippen molar-refractivity contribution in [2.75, 3.05) is 13.7 Å². The highest BCUT2D eigenvalue weighted by atomic mass is 16.5. The number of aromatic nitrogens is 3. The molecule has 3 N–H and O–H groups in total. The van der Waals surface area contributed by atoms with E-state index in [0.717, 1.165) is 5.52 Å². The fourth-order valence-electron chi connectivity index (χ4n) is 2.42. The first-order valence-corrected chi connectivity index (χ1v) is 8.26. The number of amides is 2. The summed E-state index contributed by atoms with van der Waals surface area (Å²) in [5.41, 5.74) is 9.63. The third-order valence-corrected chi connectivity index (χ3v) is 3.67. The molecule has 1 heterocycles. The first-order chi connectivity index (χ1) is 13.6. The molecular formula is C18H18N6O4. The highest BCUT2D eigenvalue weighted by molar-refractivity contribution is 5.84. The Morgan fingerprint density at radius 1 is 1.25 bits per heavy atom. The van der Waals surface area contributed by atoms with Gasteiger partial charge in [0.1, 0.15) is 12.1 Å². The van der Waals surface area contributed by atoms with Crippen LogP contribution in [0.25, 0.3) is 11.0 Å². The van der Waals surface area contributed by atoms with Crippen LogP contribution in [0.5, 0.6) is 11.5 Å². The summed E-state index contributed by atoms with van der Waals surface area (Å²) in [6.45, 7) is -0.266. The van der Waals surface area contributed by atoms with Gasteiger partial charge in [0.2, 0.25) is 0 Å². The second-order valence-corrected chi connectivity index (χ2v) is 5.69. The normalized spacial score (nSPS) is 10.9. The Morgan fingerprint density at radius 3 is 2.86 bits per heavy atom. The standard InChI is InChI=1S/C18H18N6O4/c1-27-16-8-12(6-7-15(16)28-11-17(19)25)9-20-22-18(26)10-24-14-5-3-2-4-13(14)21-23-24/h2-9H,10-11H2,1H3,(H2,19,25)(H,22,26). The molecule has 0 bridgehead atoms. The minimum absolute atomic E-state index is 0.0128. The number of para-hydroxylation sites is 1. The summed E-state index contributed by atoms with van der Waals surface area (Å²) < 4.78 is 12.0. The molecule has 2 amide bonds. The van der Waals surface area contributed by atoms with Crippen molar-refractivity contribution in [3.63, 3.8) is 0 Å². The Balaban J connectivity index is 1.60. The molecule has 0 saturated heterocycles. The van der Waals surface area contributed by atoms with E-state index < -0.39 is 5.91 Å². The number of hydrazone groups is 1. The summed E-state index contributed by atoms with van der Waals surface area (Å²) in [7, 11) is 1.47. The Labute approximate surface area is 159 Å². The van der Waals surface area contributed by atoms with Crippen molar-refractivity contribution < 1.29 is 19.1 Å². The van der Waals surface area contributed by atoms with Gasteiger partial charge in [0, 0.05) is 0 Å². The molecule has 0 fully saturated rings. The van der Waals surface area contributed by atoms with Crippen LogP contribution in [0.4, 0.5) is 0 Å². The number of nitrogens with one attached hydrogen (secondary N) is 1. The molecule has 144 valence electrons. The molecule has 0 radical (unpaired) electrons. The average molecular weight is 382 g/mol. The minimum atomic E-state index is -0.587. The number of primary amides is 1. The van der Waals surface area contributed by atoms with Crippen LogP contribution in [-0.4, -0.2) is 46.7 Å². The van der Waals surface area contributed by atoms with E-state index in [9.17, 15) is 9.59 Å². The van der Waals surface area contributed by atoms with Gasteiger partial charge in [-0.05, 0) is 35.9 Å². The van der Waals surface area contributed by atoms with Crippen LogP contribution >= 0.6 is 0 Å². The quantitative estimate of drug-likeness (QED) is 0.429. The number of carbonyl (C=O) groups excluding carboxylic acids is 2. The molecule has 28 heavy (non-hydrogen) atoms. The Kier molecular flexibility index (Phi) is 5.80. The lowest BCUT2D eigenvalue weighted by Crippen LogP contribution is -2.23. The van der Waals surface area contributed by atoms with Gasteiger partial charge in [-0.2, -0.15) is 5.10 Å². The molecule has 2 aromatic carbocycles. The highest BCUT2D eigenvalue weighted by Crippen LogP contribution is 2.27. The van der Waals surface area contributed by atoms with Gasteiger partial charge in [0.15, 0.2) is 18.1 Å². The number of ether oxygens (including phenoxy) is 2. The fourth-order valence-corrected chi connectivity index (χ4v) is 2.42. The van der Waals surface area contributed by atoms with Crippen molar-refractivity contribution in [1.29, 1.82) is 0 Å². The van der Waals surface area contributed by atoms with Gasteiger partial charge in [0.25, 0.3) is 11.8 Å². The Bertz CT molecular complexity index is 1030. The van der Waals surface area contributed by atoms with Crippen LogP contribution < -0.4 is 20.6 Å². The molecule has 0 atom stereocenters. The topological polar surface area (TPSA) is 134 Å². The van der Waals surface area contributed by atoms with Crippen LogP contribution in [0, 0.1) is 0 Å². The van der Waals surface area contributed by atoms with E-state index in [-0.39, 0.29) is 19.1 Å². The lowest BCUT2D eigenvalue weighted by Gasteiger charge is -2.09. The van der Waals surface area contributed by atoms with Gasteiger partial charge in [-0.25, -0.2) is 10.1 Å². The molecule has 0 aliphatic heterocycles. The first-order valence-electron chi connectivity index (χ1n) is 8.26. The van der Waals surface area contributed by atoms with Crippen LogP contribution in [0.15, 0.2) is 47.6 Å². The summed E-state index contributed by atoms with van der Waals surface area (Å²) in [6.07, 6.45) is 1.46. The van der Waals surface area contributed by atoms with E-state index in [1.54, 1.807) is 18.2 Å². The lowest BCUT2D eigenvalue weighted by molar-refractivity contribution is -0.122. The van der Waals surface area contributed by atoms with Crippen molar-refractivity contribution in [3.05, 3.63) is 48.0 Å². The summed E-state index contributed by atoms with van der Waals surface area (Å²) in [6, 6.07) is 12.3. The first kappa shape index (κ1) is 18.8. The number of carbonyl (C=O) groups is 2. The number of nitrogens with two attached hydrogens (primary N) is 1. The van der Waals surface area contributed by atoms with Crippen molar-refractivity contribution in [2.45, 2.75) is 6.54 Å². The number of fused-ring (bicyclic) bond motifs is 1. The van der Waals surface area contributed by atoms with Crippen molar-refractivity contribution >= 4 is 29.1 Å². The van der Waals surface area contributed by atoms with Crippen LogP contribution in [-0.2, 0) is 16.1 Å². The van der Waals surface area contributed by atoms with Gasteiger partial charge in [-0.1, -0.05) is 17.3 Å². The van der Waals surface area contributed by atoms with E-state index >= 15 is 0 Å². The van der Waals surface area contributed by atoms with Gasteiger partial charge >= 0.3 is 0 Å². The van der Waals surface area contributed by atoms with Gasteiger partial charge < -0.3 is 15.2 Å². The molecule has 0 aliphatic carbocycles. The smallest absolute Gasteiger partial charge is 0.261 e. The van der Waals surface area contributed by atoms with Gasteiger partial charge in [0.05, 0.1) is 18.8 Å². The van der Waals surface area contributed by atoms with Crippen LogP contribution in [0.1, 0.15) is 5.56 Å². The third kappa shape index (κ3) is 4.61. The molecule has 1 aromatic heterocycles. The third-order valence-electron chi connectivity index (χ3n) is 3.67. The summed E-state index contributed by atoms with van der Waals surface area (Å²) >= 11 is 0. The predicted molar refractivity (Wildman–Crippen MR) is 101 cm³/mol. The molecule has 0 saturated carbocycles. The molecule has 10 nitrogen and oxygen atoms in total. The van der Waals surface area contributed by atoms with E-state index in [2.05, 4.69) is 20.8 Å². The summed E-state index contributed by atoms with van der Waals surface area (Å²) in [5, 5.41) is 11.9. The zero-order valence-electron chi connectivity index (χ0n) is 15.0. The summed E-state index contributed by atoms with van der Waals surface area (Å²) in [4.78, 5) is 22.9. The van der Waals surface area contributed by atoms with Crippen LogP contribution in [0.2, 0.25) is 0 Å². The van der Waals surface area contributed by atoms with Crippen molar-refractivity contribution in [3.8, 4) is 11.5 Å². The van der Waals surface area contributed by atoms with E-state index in [4.69, 9.17) is 15.2 Å². The molecule has 0 unspecified atom stereocenters. The second kappa shape index (κ2) is 8.62. The van der Waals surface area contributed by atoms with Gasteiger partial charge in [-0.3, -0.25) is 9.59 Å². The fraction of sp³-hybridized carbons (Fsp3) is 0.167. The summed E-state index contributed by atoms with van der Waals surface area (Å²) in [5.74, 6) is -0.151. The number of methoxy groups -OCH3 is 1. The number of hydrogen-bond acceptors (Lipinski definition) is 7. The maximum absolute atomic E-state index is 12.1. The minimum Gasteiger partial charge on any atom is -0.493 e. The maximum atomic E-state index is 12.1. The zero-order chi connectivity index (χ0) is 19.9. The monoisotopic (exact) mass is 382 g/mol. The van der Waals surface area contributed by atoms with E-state index in [1.165, 1.54) is 18.0 Å². The van der Waals surface area contributed by atoms with Crippen molar-refractivity contribution in [1.82, 2.24) is 20.4 Å². The average Bonchev–Trinajstić information content (AvgIpc) is 3.09. The Hall–Kier alpha value is -3.95.